The minimum atomic E-state index is -0.908. The quantitative estimate of drug-likeness (QED) is 0.566. The lowest BCUT2D eigenvalue weighted by molar-refractivity contribution is 0.150. The van der Waals surface area contributed by atoms with Crippen molar-refractivity contribution in [3.63, 3.8) is 0 Å². The van der Waals surface area contributed by atoms with Gasteiger partial charge in [-0.1, -0.05) is 60.7 Å². The topological polar surface area (TPSA) is 55.8 Å². The van der Waals surface area contributed by atoms with E-state index >= 15 is 0 Å². The van der Waals surface area contributed by atoms with Gasteiger partial charge in [-0.2, -0.15) is 0 Å². The van der Waals surface area contributed by atoms with Crippen molar-refractivity contribution < 1.29 is 19.4 Å². The van der Waals surface area contributed by atoms with Gasteiger partial charge in [0.25, 0.3) is 0 Å². The molecule has 23 heavy (non-hydrogen) atoms. The summed E-state index contributed by atoms with van der Waals surface area (Å²) < 4.78 is 10.3. The molecule has 0 atom stereocenters. The zero-order valence-corrected chi connectivity index (χ0v) is 12.2. The standard InChI is InChI=1S/C19H14O4/c20-17-13-7-12-16(14-8-3-1-4-9-14)18(17)23-19(21)22-15-10-5-2-6-11-15/h1-13,20H. The van der Waals surface area contributed by atoms with Crippen LogP contribution in [0.2, 0.25) is 0 Å². The molecule has 0 radical (unpaired) electrons. The van der Waals surface area contributed by atoms with E-state index in [4.69, 9.17) is 9.47 Å². The van der Waals surface area contributed by atoms with Crippen LogP contribution in [0.15, 0.2) is 78.9 Å². The van der Waals surface area contributed by atoms with Crippen LogP contribution in [0.1, 0.15) is 0 Å². The third-order valence-corrected chi connectivity index (χ3v) is 3.21. The maximum absolute atomic E-state index is 12.0. The van der Waals surface area contributed by atoms with Crippen molar-refractivity contribution in [3.05, 3.63) is 78.9 Å². The molecule has 4 nitrogen and oxygen atoms in total. The van der Waals surface area contributed by atoms with Gasteiger partial charge in [0.15, 0.2) is 11.5 Å². The van der Waals surface area contributed by atoms with Gasteiger partial charge in [-0.3, -0.25) is 0 Å². The van der Waals surface area contributed by atoms with Crippen LogP contribution in [0.5, 0.6) is 17.2 Å². The highest BCUT2D eigenvalue weighted by molar-refractivity contribution is 5.78. The zero-order chi connectivity index (χ0) is 16.1. The molecule has 0 spiro atoms. The first kappa shape index (κ1) is 14.7. The first-order chi connectivity index (χ1) is 11.2. The third kappa shape index (κ3) is 3.49. The number of benzene rings is 3. The van der Waals surface area contributed by atoms with Crippen molar-refractivity contribution >= 4 is 6.16 Å². The highest BCUT2D eigenvalue weighted by atomic mass is 16.7. The average molecular weight is 306 g/mol. The van der Waals surface area contributed by atoms with Crippen LogP contribution in [-0.4, -0.2) is 11.3 Å². The van der Waals surface area contributed by atoms with Gasteiger partial charge < -0.3 is 14.6 Å². The Hall–Kier alpha value is -3.27. The summed E-state index contributed by atoms with van der Waals surface area (Å²) in [6, 6.07) is 22.9. The molecule has 0 aromatic heterocycles. The van der Waals surface area contributed by atoms with Crippen molar-refractivity contribution in [3.8, 4) is 28.4 Å². The van der Waals surface area contributed by atoms with Gasteiger partial charge in [0.2, 0.25) is 0 Å². The van der Waals surface area contributed by atoms with Crippen LogP contribution in [0, 0.1) is 0 Å². The Bertz CT molecular complexity index is 798. The van der Waals surface area contributed by atoms with Crippen LogP contribution in [0.3, 0.4) is 0 Å². The number of aromatic hydroxyl groups is 1. The lowest BCUT2D eigenvalue weighted by Crippen LogP contribution is -2.14. The molecule has 0 aliphatic heterocycles. The number of para-hydroxylation sites is 2. The minimum Gasteiger partial charge on any atom is -0.504 e. The van der Waals surface area contributed by atoms with E-state index in [-0.39, 0.29) is 11.5 Å². The van der Waals surface area contributed by atoms with Crippen LogP contribution in [-0.2, 0) is 0 Å². The van der Waals surface area contributed by atoms with Gasteiger partial charge in [0.05, 0.1) is 0 Å². The number of hydrogen-bond acceptors (Lipinski definition) is 4. The number of phenolic OH excluding ortho intramolecular Hbond substituents is 1. The predicted molar refractivity (Wildman–Crippen MR) is 86.6 cm³/mol. The largest absolute Gasteiger partial charge is 0.519 e. The van der Waals surface area contributed by atoms with Crippen LogP contribution in [0.4, 0.5) is 4.79 Å². The second-order valence-electron chi connectivity index (χ2n) is 4.79. The molecule has 0 amide bonds. The Morgan fingerprint density at radius 2 is 1.39 bits per heavy atom. The molecule has 114 valence electrons. The van der Waals surface area contributed by atoms with Crippen LogP contribution < -0.4 is 9.47 Å². The Balaban J connectivity index is 1.86. The van der Waals surface area contributed by atoms with Crippen molar-refractivity contribution in [2.45, 2.75) is 0 Å². The summed E-state index contributed by atoms with van der Waals surface area (Å²) in [4.78, 5) is 12.0. The van der Waals surface area contributed by atoms with E-state index in [2.05, 4.69) is 0 Å². The second kappa shape index (κ2) is 6.66. The SMILES string of the molecule is O=C(Oc1ccccc1)Oc1c(O)cccc1-c1ccccc1. The Morgan fingerprint density at radius 1 is 0.739 bits per heavy atom. The molecule has 0 saturated heterocycles. The number of carbonyl (C=O) groups excluding carboxylic acids is 1. The van der Waals surface area contributed by atoms with Gasteiger partial charge in [0, 0.05) is 5.56 Å². The molecular weight excluding hydrogens is 292 g/mol. The van der Waals surface area contributed by atoms with Gasteiger partial charge in [-0.15, -0.1) is 0 Å². The molecule has 0 bridgehead atoms. The lowest BCUT2D eigenvalue weighted by Gasteiger charge is -2.11. The van der Waals surface area contributed by atoms with Crippen molar-refractivity contribution in [1.82, 2.24) is 0 Å². The molecule has 0 aliphatic carbocycles. The number of hydrogen-bond donors (Lipinski definition) is 1. The number of phenols is 1. The van der Waals surface area contributed by atoms with Gasteiger partial charge >= 0.3 is 6.16 Å². The van der Waals surface area contributed by atoms with Gasteiger partial charge in [-0.25, -0.2) is 4.79 Å². The first-order valence-corrected chi connectivity index (χ1v) is 7.06. The third-order valence-electron chi connectivity index (χ3n) is 3.21. The fourth-order valence-corrected chi connectivity index (χ4v) is 2.17. The fraction of sp³-hybridized carbons (Fsp3) is 0. The molecule has 0 aliphatic rings. The molecular formula is C19H14O4. The lowest BCUT2D eigenvalue weighted by atomic mass is 10.0. The summed E-state index contributed by atoms with van der Waals surface area (Å²) in [5.74, 6) is 0.310. The Morgan fingerprint density at radius 3 is 2.09 bits per heavy atom. The Labute approximate surface area is 133 Å². The monoisotopic (exact) mass is 306 g/mol. The molecule has 1 N–H and O–H groups in total. The highest BCUT2D eigenvalue weighted by Gasteiger charge is 2.16. The molecule has 4 heteroatoms. The van der Waals surface area contributed by atoms with E-state index in [1.807, 2.05) is 36.4 Å². The smallest absolute Gasteiger partial charge is 0.504 e. The molecule has 3 aromatic rings. The fourth-order valence-electron chi connectivity index (χ4n) is 2.17. The average Bonchev–Trinajstić information content (AvgIpc) is 2.58. The molecule has 3 rings (SSSR count). The highest BCUT2D eigenvalue weighted by Crippen LogP contribution is 2.37. The zero-order valence-electron chi connectivity index (χ0n) is 12.2. The normalized spacial score (nSPS) is 10.1. The second-order valence-corrected chi connectivity index (χ2v) is 4.79. The summed E-state index contributed by atoms with van der Waals surface area (Å²) in [6.07, 6.45) is -0.908. The minimum absolute atomic E-state index is 0.0691. The summed E-state index contributed by atoms with van der Waals surface area (Å²) in [5.41, 5.74) is 1.43. The Kier molecular flexibility index (Phi) is 4.25. The van der Waals surface area contributed by atoms with E-state index in [1.54, 1.807) is 36.4 Å². The first-order valence-electron chi connectivity index (χ1n) is 7.06. The molecule has 3 aromatic carbocycles. The molecule has 0 saturated carbocycles. The molecule has 0 fully saturated rings. The van der Waals surface area contributed by atoms with Gasteiger partial charge in [0.1, 0.15) is 5.75 Å². The summed E-state index contributed by atoms with van der Waals surface area (Å²) >= 11 is 0. The van der Waals surface area contributed by atoms with Crippen LogP contribution >= 0.6 is 0 Å². The summed E-state index contributed by atoms with van der Waals surface area (Å²) in [6.45, 7) is 0. The number of ether oxygens (including phenoxy) is 2. The summed E-state index contributed by atoms with van der Waals surface area (Å²) in [5, 5.41) is 10.0. The van der Waals surface area contributed by atoms with Crippen LogP contribution in [0.25, 0.3) is 11.1 Å². The van der Waals surface area contributed by atoms with Crippen molar-refractivity contribution in [2.24, 2.45) is 0 Å². The number of rotatable bonds is 3. The van der Waals surface area contributed by atoms with E-state index in [0.717, 1.165) is 5.56 Å². The maximum atomic E-state index is 12.0. The molecule has 0 heterocycles. The van der Waals surface area contributed by atoms with Crippen molar-refractivity contribution in [2.75, 3.05) is 0 Å². The van der Waals surface area contributed by atoms with E-state index < -0.39 is 6.16 Å². The predicted octanol–water partition coefficient (Wildman–Crippen LogP) is 4.64. The maximum Gasteiger partial charge on any atom is 0.519 e. The number of carbonyl (C=O) groups is 1. The summed E-state index contributed by atoms with van der Waals surface area (Å²) in [7, 11) is 0. The van der Waals surface area contributed by atoms with Crippen molar-refractivity contribution in [1.29, 1.82) is 0 Å². The van der Waals surface area contributed by atoms with E-state index in [1.165, 1.54) is 6.07 Å². The van der Waals surface area contributed by atoms with E-state index in [0.29, 0.717) is 11.3 Å². The van der Waals surface area contributed by atoms with Gasteiger partial charge in [-0.05, 0) is 23.8 Å². The van der Waals surface area contributed by atoms with E-state index in [9.17, 15) is 9.90 Å². The molecule has 0 unspecified atom stereocenters.